The lowest BCUT2D eigenvalue weighted by atomic mass is 10.0. The number of aromatic nitrogens is 2. The second-order valence-corrected chi connectivity index (χ2v) is 7.23. The Bertz CT molecular complexity index is 749. The molecule has 0 aliphatic heterocycles. The van der Waals surface area contributed by atoms with Crippen LogP contribution in [0.15, 0.2) is 30.5 Å². The predicted octanol–water partition coefficient (Wildman–Crippen LogP) is 5.36. The Morgan fingerprint density at radius 2 is 1.63 bits per heavy atom. The van der Waals surface area contributed by atoms with Crippen LogP contribution in [-0.4, -0.2) is 30.1 Å². The highest BCUT2D eigenvalue weighted by molar-refractivity contribution is 5.75. The van der Waals surface area contributed by atoms with Crippen molar-refractivity contribution in [1.29, 1.82) is 0 Å². The largest absolute Gasteiger partial charge is 0.416 e. The van der Waals surface area contributed by atoms with Gasteiger partial charge in [-0.15, -0.1) is 0 Å². The molecule has 7 heteroatoms. The molecule has 1 fully saturated rings. The zero-order chi connectivity index (χ0) is 19.4. The van der Waals surface area contributed by atoms with Gasteiger partial charge in [-0.25, -0.2) is 4.98 Å². The number of halogens is 3. The number of rotatable bonds is 4. The topological polar surface area (TPSA) is 41.1 Å². The monoisotopic (exact) mass is 378 g/mol. The number of alkyl halides is 3. The zero-order valence-corrected chi connectivity index (χ0v) is 15.7. The minimum Gasteiger partial charge on any atom is -0.367 e. The van der Waals surface area contributed by atoms with E-state index in [-0.39, 0.29) is 0 Å². The molecule has 146 valence electrons. The van der Waals surface area contributed by atoms with E-state index in [0.717, 1.165) is 30.5 Å². The van der Waals surface area contributed by atoms with Gasteiger partial charge >= 0.3 is 6.18 Å². The highest BCUT2D eigenvalue weighted by Crippen LogP contribution is 2.33. The van der Waals surface area contributed by atoms with E-state index in [2.05, 4.69) is 15.3 Å². The van der Waals surface area contributed by atoms with Gasteiger partial charge in [0.05, 0.1) is 5.56 Å². The molecule has 1 aliphatic rings. The summed E-state index contributed by atoms with van der Waals surface area (Å²) in [4.78, 5) is 10.8. The van der Waals surface area contributed by atoms with E-state index in [9.17, 15) is 13.2 Å². The third-order valence-corrected chi connectivity index (χ3v) is 4.90. The average molecular weight is 378 g/mol. The van der Waals surface area contributed by atoms with Crippen LogP contribution >= 0.6 is 0 Å². The first-order valence-electron chi connectivity index (χ1n) is 9.33. The first-order chi connectivity index (χ1) is 12.8. The van der Waals surface area contributed by atoms with Gasteiger partial charge in [-0.05, 0) is 30.5 Å². The molecule has 0 saturated heterocycles. The van der Waals surface area contributed by atoms with Gasteiger partial charge in [-0.3, -0.25) is 0 Å². The fourth-order valence-corrected chi connectivity index (χ4v) is 3.37. The maximum absolute atomic E-state index is 12.8. The van der Waals surface area contributed by atoms with Crippen LogP contribution in [0.5, 0.6) is 0 Å². The number of benzene rings is 1. The van der Waals surface area contributed by atoms with E-state index >= 15 is 0 Å². The summed E-state index contributed by atoms with van der Waals surface area (Å²) in [6.45, 7) is 0. The molecule has 0 spiro atoms. The van der Waals surface area contributed by atoms with E-state index in [1.165, 1.54) is 37.8 Å². The van der Waals surface area contributed by atoms with Crippen LogP contribution in [0.2, 0.25) is 0 Å². The van der Waals surface area contributed by atoms with Gasteiger partial charge in [-0.1, -0.05) is 37.8 Å². The number of hydrogen-bond acceptors (Lipinski definition) is 4. The average Bonchev–Trinajstić information content (AvgIpc) is 2.90. The van der Waals surface area contributed by atoms with Crippen LogP contribution in [0.1, 0.15) is 44.1 Å². The van der Waals surface area contributed by atoms with Crippen molar-refractivity contribution in [3.63, 3.8) is 0 Å². The van der Waals surface area contributed by atoms with Crippen molar-refractivity contribution in [3.8, 4) is 11.1 Å². The molecule has 27 heavy (non-hydrogen) atoms. The van der Waals surface area contributed by atoms with Gasteiger partial charge in [0, 0.05) is 31.9 Å². The van der Waals surface area contributed by atoms with Gasteiger partial charge in [0.2, 0.25) is 5.95 Å². The Morgan fingerprint density at radius 3 is 2.19 bits per heavy atom. The summed E-state index contributed by atoms with van der Waals surface area (Å²) in [6, 6.07) is 5.49. The molecule has 0 bridgehead atoms. The van der Waals surface area contributed by atoms with Crippen LogP contribution < -0.4 is 10.2 Å². The molecule has 0 amide bonds. The SMILES string of the molecule is CN(C)c1ncc(-c2ccc(C(F)(F)F)cc2)c(NC2CCCCCC2)n1. The molecule has 1 heterocycles. The molecule has 1 aliphatic carbocycles. The van der Waals surface area contributed by atoms with E-state index in [1.54, 1.807) is 6.20 Å². The molecular weight excluding hydrogens is 353 g/mol. The van der Waals surface area contributed by atoms with E-state index in [4.69, 9.17) is 0 Å². The van der Waals surface area contributed by atoms with Gasteiger partial charge in [0.1, 0.15) is 5.82 Å². The fraction of sp³-hybridized carbons (Fsp3) is 0.500. The summed E-state index contributed by atoms with van der Waals surface area (Å²) in [7, 11) is 3.73. The normalized spacial score (nSPS) is 16.0. The molecule has 1 N–H and O–H groups in total. The molecule has 0 atom stereocenters. The van der Waals surface area contributed by atoms with Crippen LogP contribution in [0.4, 0.5) is 24.9 Å². The summed E-state index contributed by atoms with van der Waals surface area (Å²) in [5.41, 5.74) is 0.735. The molecule has 2 aromatic rings. The highest BCUT2D eigenvalue weighted by atomic mass is 19.4. The Hall–Kier alpha value is -2.31. The van der Waals surface area contributed by atoms with Crippen molar-refractivity contribution in [1.82, 2.24) is 9.97 Å². The molecule has 4 nitrogen and oxygen atoms in total. The van der Waals surface area contributed by atoms with E-state index < -0.39 is 11.7 Å². The minimum absolute atomic E-state index is 0.325. The molecule has 1 saturated carbocycles. The van der Waals surface area contributed by atoms with Crippen molar-refractivity contribution in [3.05, 3.63) is 36.0 Å². The standard InChI is InChI=1S/C20H25F3N4/c1-27(2)19-24-13-17(14-9-11-15(12-10-14)20(21,22)23)18(26-19)25-16-7-5-3-4-6-8-16/h9-13,16H,3-8H2,1-2H3,(H,24,25,26). The number of nitrogens with one attached hydrogen (secondary N) is 1. The predicted molar refractivity (Wildman–Crippen MR) is 102 cm³/mol. The van der Waals surface area contributed by atoms with Crippen LogP contribution in [0.3, 0.4) is 0 Å². The molecule has 0 radical (unpaired) electrons. The first kappa shape index (κ1) is 19.5. The summed E-state index contributed by atoms with van der Waals surface area (Å²) >= 11 is 0. The number of anilines is 2. The zero-order valence-electron chi connectivity index (χ0n) is 15.7. The Labute approximate surface area is 157 Å². The van der Waals surface area contributed by atoms with Crippen molar-refractivity contribution in [2.45, 2.75) is 50.7 Å². The summed E-state index contributed by atoms with van der Waals surface area (Å²) in [5.74, 6) is 1.25. The van der Waals surface area contributed by atoms with Crippen molar-refractivity contribution in [2.75, 3.05) is 24.3 Å². The quantitative estimate of drug-likeness (QED) is 0.727. The summed E-state index contributed by atoms with van der Waals surface area (Å²) in [5, 5.41) is 3.53. The lowest BCUT2D eigenvalue weighted by Gasteiger charge is -2.21. The van der Waals surface area contributed by atoms with Crippen LogP contribution in [0, 0.1) is 0 Å². The Balaban J connectivity index is 1.93. The van der Waals surface area contributed by atoms with Crippen LogP contribution in [-0.2, 0) is 6.18 Å². The van der Waals surface area contributed by atoms with Gasteiger partial charge < -0.3 is 10.2 Å². The number of nitrogens with zero attached hydrogens (tertiary/aromatic N) is 3. The lowest BCUT2D eigenvalue weighted by molar-refractivity contribution is -0.137. The maximum Gasteiger partial charge on any atom is 0.416 e. The maximum atomic E-state index is 12.8. The smallest absolute Gasteiger partial charge is 0.367 e. The summed E-state index contributed by atoms with van der Waals surface area (Å²) in [6.07, 6.45) is 4.35. The fourth-order valence-electron chi connectivity index (χ4n) is 3.37. The van der Waals surface area contributed by atoms with Gasteiger partial charge in [0.25, 0.3) is 0 Å². The molecule has 1 aromatic heterocycles. The third kappa shape index (κ3) is 4.90. The second kappa shape index (κ2) is 8.15. The molecular formula is C20H25F3N4. The first-order valence-corrected chi connectivity index (χ1v) is 9.33. The van der Waals surface area contributed by atoms with E-state index in [0.29, 0.717) is 23.4 Å². The Kier molecular flexibility index (Phi) is 5.87. The molecule has 0 unspecified atom stereocenters. The molecule has 3 rings (SSSR count). The van der Waals surface area contributed by atoms with Gasteiger partial charge in [0.15, 0.2) is 0 Å². The van der Waals surface area contributed by atoms with Crippen molar-refractivity contribution < 1.29 is 13.2 Å². The third-order valence-electron chi connectivity index (χ3n) is 4.90. The van der Waals surface area contributed by atoms with Gasteiger partial charge in [-0.2, -0.15) is 18.2 Å². The Morgan fingerprint density at radius 1 is 1.00 bits per heavy atom. The lowest BCUT2D eigenvalue weighted by Crippen LogP contribution is -2.21. The van der Waals surface area contributed by atoms with Crippen LogP contribution in [0.25, 0.3) is 11.1 Å². The summed E-state index contributed by atoms with van der Waals surface area (Å²) < 4.78 is 38.5. The highest BCUT2D eigenvalue weighted by Gasteiger charge is 2.30. The minimum atomic E-state index is -4.34. The van der Waals surface area contributed by atoms with Crippen molar-refractivity contribution in [2.24, 2.45) is 0 Å². The van der Waals surface area contributed by atoms with Crippen molar-refractivity contribution >= 4 is 11.8 Å². The van der Waals surface area contributed by atoms with E-state index in [1.807, 2.05) is 19.0 Å². The second-order valence-electron chi connectivity index (χ2n) is 7.23. The number of hydrogen-bond donors (Lipinski definition) is 1. The molecule has 1 aromatic carbocycles.